The van der Waals surface area contributed by atoms with Crippen LogP contribution in [0.25, 0.3) is 0 Å². The summed E-state index contributed by atoms with van der Waals surface area (Å²) in [7, 11) is -3.65. The van der Waals surface area contributed by atoms with Crippen LogP contribution in [0.15, 0.2) is 46.1 Å². The molecule has 1 aliphatic heterocycles. The standard InChI is InChI=1S/C18H22N4O5S/c1-2-27-14-3-5-15(6-4-14)28(25,26)21-13-9-11-22(12-10-13)18(24)16-7-8-17(23)20-19-16/h3-8,13,21H,2,9-12H2,1H3,(H,20,23). The van der Waals surface area contributed by atoms with Gasteiger partial charge in [0.25, 0.3) is 11.5 Å². The molecule has 1 aromatic heterocycles. The summed E-state index contributed by atoms with van der Waals surface area (Å²) >= 11 is 0. The molecular formula is C18H22N4O5S. The average Bonchev–Trinajstić information content (AvgIpc) is 2.69. The molecule has 28 heavy (non-hydrogen) atoms. The van der Waals surface area contributed by atoms with Gasteiger partial charge in [0.05, 0.1) is 11.5 Å². The number of carbonyl (C=O) groups is 1. The lowest BCUT2D eigenvalue weighted by atomic mass is 10.1. The lowest BCUT2D eigenvalue weighted by molar-refractivity contribution is 0.0704. The van der Waals surface area contributed by atoms with Crippen LogP contribution in [-0.2, 0) is 10.0 Å². The van der Waals surface area contributed by atoms with Crippen LogP contribution < -0.4 is 15.0 Å². The molecule has 2 heterocycles. The van der Waals surface area contributed by atoms with Crippen molar-refractivity contribution in [1.82, 2.24) is 19.8 Å². The van der Waals surface area contributed by atoms with E-state index in [0.717, 1.165) is 0 Å². The second kappa shape index (κ2) is 8.53. The van der Waals surface area contributed by atoms with E-state index in [1.165, 1.54) is 24.3 Å². The van der Waals surface area contributed by atoms with Crippen molar-refractivity contribution in [2.45, 2.75) is 30.7 Å². The highest BCUT2D eigenvalue weighted by Gasteiger charge is 2.27. The van der Waals surface area contributed by atoms with Crippen LogP contribution >= 0.6 is 0 Å². The Morgan fingerprint density at radius 3 is 2.46 bits per heavy atom. The number of carbonyl (C=O) groups excluding carboxylic acids is 1. The Bertz CT molecular complexity index is 959. The predicted octanol–water partition coefficient (Wildman–Crippen LogP) is 0.752. The quantitative estimate of drug-likeness (QED) is 0.730. The van der Waals surface area contributed by atoms with Crippen LogP contribution in [0.3, 0.4) is 0 Å². The summed E-state index contributed by atoms with van der Waals surface area (Å²) in [5, 5.41) is 5.98. The van der Waals surface area contributed by atoms with Crippen molar-refractivity contribution in [3.8, 4) is 5.75 Å². The summed E-state index contributed by atoms with van der Waals surface area (Å²) in [4.78, 5) is 25.2. The van der Waals surface area contributed by atoms with Gasteiger partial charge in [-0.15, -0.1) is 0 Å². The third-order valence-electron chi connectivity index (χ3n) is 4.45. The molecule has 1 amide bonds. The van der Waals surface area contributed by atoms with E-state index in [1.807, 2.05) is 6.92 Å². The molecule has 10 heteroatoms. The zero-order valence-electron chi connectivity index (χ0n) is 15.4. The lowest BCUT2D eigenvalue weighted by Gasteiger charge is -2.32. The number of amides is 1. The molecule has 0 unspecified atom stereocenters. The fraction of sp³-hybridized carbons (Fsp3) is 0.389. The Morgan fingerprint density at radius 1 is 1.21 bits per heavy atom. The molecule has 1 saturated heterocycles. The third kappa shape index (κ3) is 4.76. The Hall–Kier alpha value is -2.72. The van der Waals surface area contributed by atoms with Gasteiger partial charge in [0.2, 0.25) is 10.0 Å². The maximum absolute atomic E-state index is 12.6. The van der Waals surface area contributed by atoms with Crippen LogP contribution in [0.4, 0.5) is 0 Å². The van der Waals surface area contributed by atoms with Crippen molar-refractivity contribution >= 4 is 15.9 Å². The minimum Gasteiger partial charge on any atom is -0.494 e. The molecule has 3 rings (SSSR count). The number of ether oxygens (including phenoxy) is 1. The number of nitrogens with one attached hydrogen (secondary N) is 2. The van der Waals surface area contributed by atoms with Gasteiger partial charge >= 0.3 is 0 Å². The first-order valence-corrected chi connectivity index (χ1v) is 10.5. The van der Waals surface area contributed by atoms with Crippen molar-refractivity contribution in [2.24, 2.45) is 0 Å². The first-order chi connectivity index (χ1) is 13.4. The van der Waals surface area contributed by atoms with E-state index < -0.39 is 10.0 Å². The normalized spacial score (nSPS) is 15.4. The lowest BCUT2D eigenvalue weighted by Crippen LogP contribution is -2.46. The maximum atomic E-state index is 12.6. The zero-order chi connectivity index (χ0) is 20.1. The van der Waals surface area contributed by atoms with Gasteiger partial charge in [0, 0.05) is 25.2 Å². The third-order valence-corrected chi connectivity index (χ3v) is 5.98. The highest BCUT2D eigenvalue weighted by Crippen LogP contribution is 2.19. The number of piperidine rings is 1. The average molecular weight is 406 g/mol. The van der Waals surface area contributed by atoms with Gasteiger partial charge in [-0.05, 0) is 50.1 Å². The molecule has 1 aromatic carbocycles. The summed E-state index contributed by atoms with van der Waals surface area (Å²) in [5.41, 5.74) is -0.216. The number of aromatic amines is 1. The molecular weight excluding hydrogens is 384 g/mol. The van der Waals surface area contributed by atoms with Crippen LogP contribution in [0, 0.1) is 0 Å². The summed E-state index contributed by atoms with van der Waals surface area (Å²) in [6.07, 6.45) is 0.983. The van der Waals surface area contributed by atoms with Crippen LogP contribution in [0.1, 0.15) is 30.3 Å². The Labute approximate surface area is 162 Å². The molecule has 2 N–H and O–H groups in total. The number of H-pyrrole nitrogens is 1. The Morgan fingerprint density at radius 2 is 1.89 bits per heavy atom. The topological polar surface area (TPSA) is 121 Å². The molecule has 0 spiro atoms. The molecule has 0 bridgehead atoms. The molecule has 2 aromatic rings. The number of nitrogens with zero attached hydrogens (tertiary/aromatic N) is 2. The van der Waals surface area contributed by atoms with E-state index >= 15 is 0 Å². The molecule has 150 valence electrons. The van der Waals surface area contributed by atoms with Crippen molar-refractivity contribution in [2.75, 3.05) is 19.7 Å². The largest absolute Gasteiger partial charge is 0.494 e. The predicted molar refractivity (Wildman–Crippen MR) is 102 cm³/mol. The highest BCUT2D eigenvalue weighted by molar-refractivity contribution is 7.89. The second-order valence-corrected chi connectivity index (χ2v) is 8.11. The molecule has 9 nitrogen and oxygen atoms in total. The molecule has 1 fully saturated rings. The van der Waals surface area contributed by atoms with E-state index in [4.69, 9.17) is 4.74 Å². The van der Waals surface area contributed by atoms with E-state index in [-0.39, 0.29) is 28.1 Å². The number of hydrogen-bond acceptors (Lipinski definition) is 6. The Kier molecular flexibility index (Phi) is 6.10. The van der Waals surface area contributed by atoms with Gasteiger partial charge in [0.15, 0.2) is 0 Å². The number of likely N-dealkylation sites (tertiary alicyclic amines) is 1. The monoisotopic (exact) mass is 406 g/mol. The van der Waals surface area contributed by atoms with E-state index in [0.29, 0.717) is 38.3 Å². The molecule has 0 radical (unpaired) electrons. The molecule has 0 atom stereocenters. The number of sulfonamides is 1. The minimum atomic E-state index is -3.65. The van der Waals surface area contributed by atoms with Crippen molar-refractivity contribution in [3.05, 3.63) is 52.4 Å². The SMILES string of the molecule is CCOc1ccc(S(=O)(=O)NC2CCN(C(=O)c3ccc(=O)[nH]n3)CC2)cc1. The number of benzene rings is 1. The summed E-state index contributed by atoms with van der Waals surface area (Å²) in [6, 6.07) is 8.62. The van der Waals surface area contributed by atoms with Crippen LogP contribution in [0.2, 0.25) is 0 Å². The van der Waals surface area contributed by atoms with Gasteiger partial charge < -0.3 is 9.64 Å². The summed E-state index contributed by atoms with van der Waals surface area (Å²) in [6.45, 7) is 3.17. The van der Waals surface area contributed by atoms with Gasteiger partial charge in [-0.25, -0.2) is 18.2 Å². The first-order valence-electron chi connectivity index (χ1n) is 8.99. The molecule has 0 aliphatic carbocycles. The van der Waals surface area contributed by atoms with Gasteiger partial charge in [-0.1, -0.05) is 0 Å². The minimum absolute atomic E-state index is 0.160. The maximum Gasteiger partial charge on any atom is 0.274 e. The summed E-state index contributed by atoms with van der Waals surface area (Å²) in [5.74, 6) is 0.327. The van der Waals surface area contributed by atoms with Crippen molar-refractivity contribution < 1.29 is 17.9 Å². The smallest absolute Gasteiger partial charge is 0.274 e. The fourth-order valence-corrected chi connectivity index (χ4v) is 4.30. The van der Waals surface area contributed by atoms with Gasteiger partial charge in [-0.3, -0.25) is 9.59 Å². The van der Waals surface area contributed by atoms with Crippen molar-refractivity contribution in [3.63, 3.8) is 0 Å². The first kappa shape index (κ1) is 20.0. The second-order valence-electron chi connectivity index (χ2n) is 6.40. The fourth-order valence-electron chi connectivity index (χ4n) is 3.00. The highest BCUT2D eigenvalue weighted by atomic mass is 32.2. The number of hydrogen-bond donors (Lipinski definition) is 2. The van der Waals surface area contributed by atoms with Crippen LogP contribution in [-0.4, -0.2) is 55.2 Å². The van der Waals surface area contributed by atoms with Crippen LogP contribution in [0.5, 0.6) is 5.75 Å². The summed E-state index contributed by atoms with van der Waals surface area (Å²) < 4.78 is 33.1. The van der Waals surface area contributed by atoms with Crippen molar-refractivity contribution in [1.29, 1.82) is 0 Å². The Balaban J connectivity index is 1.57. The molecule has 1 aliphatic rings. The zero-order valence-corrected chi connectivity index (χ0v) is 16.2. The van der Waals surface area contributed by atoms with Gasteiger partial charge in [0.1, 0.15) is 11.4 Å². The number of rotatable bonds is 6. The van der Waals surface area contributed by atoms with E-state index in [2.05, 4.69) is 14.9 Å². The number of aromatic nitrogens is 2. The van der Waals surface area contributed by atoms with E-state index in [9.17, 15) is 18.0 Å². The molecule has 0 saturated carbocycles. The van der Waals surface area contributed by atoms with Gasteiger partial charge in [-0.2, -0.15) is 5.10 Å². The van der Waals surface area contributed by atoms with E-state index in [1.54, 1.807) is 17.0 Å².